The van der Waals surface area contributed by atoms with Crippen LogP contribution in [0.2, 0.25) is 0 Å². The summed E-state index contributed by atoms with van der Waals surface area (Å²) in [5, 5.41) is 14.4. The van der Waals surface area contributed by atoms with Crippen molar-refractivity contribution >= 4 is 17.8 Å². The summed E-state index contributed by atoms with van der Waals surface area (Å²) in [6, 6.07) is -1.15. The van der Waals surface area contributed by atoms with Gasteiger partial charge in [0.15, 0.2) is 0 Å². The van der Waals surface area contributed by atoms with Gasteiger partial charge >= 0.3 is 11.9 Å². The number of nitrogens with zero attached hydrogens (tertiary/aromatic N) is 3. The lowest BCUT2D eigenvalue weighted by Crippen LogP contribution is -2.41. The van der Waals surface area contributed by atoms with Gasteiger partial charge in [-0.05, 0) is 32.7 Å². The van der Waals surface area contributed by atoms with Crippen molar-refractivity contribution in [2.75, 3.05) is 6.54 Å². The van der Waals surface area contributed by atoms with Crippen LogP contribution in [-0.2, 0) is 19.1 Å². The summed E-state index contributed by atoms with van der Waals surface area (Å²) >= 11 is 0. The maximum atomic E-state index is 11.6. The fourth-order valence-electron chi connectivity index (χ4n) is 1.36. The molecule has 1 atom stereocenters. The second-order valence-corrected chi connectivity index (χ2v) is 5.29. The van der Waals surface area contributed by atoms with Crippen LogP contribution in [0, 0.1) is 0 Å². The van der Waals surface area contributed by atoms with Crippen molar-refractivity contribution in [2.45, 2.75) is 51.7 Å². The number of ether oxygens (including phenoxy) is 1. The van der Waals surface area contributed by atoms with Crippen LogP contribution in [-0.4, -0.2) is 41.1 Å². The summed E-state index contributed by atoms with van der Waals surface area (Å²) in [5.74, 6) is -2.33. The van der Waals surface area contributed by atoms with E-state index in [9.17, 15) is 14.4 Å². The second kappa shape index (κ2) is 8.80. The molecule has 9 nitrogen and oxygen atoms in total. The van der Waals surface area contributed by atoms with Gasteiger partial charge in [0.25, 0.3) is 0 Å². The maximum absolute atomic E-state index is 11.6. The Hall–Kier alpha value is -2.28. The molecule has 0 aliphatic carbocycles. The number of nitrogens with one attached hydrogen (secondary N) is 1. The zero-order chi connectivity index (χ0) is 16.5. The molecular weight excluding hydrogens is 280 g/mol. The van der Waals surface area contributed by atoms with Gasteiger partial charge in [-0.15, -0.1) is 0 Å². The van der Waals surface area contributed by atoms with Gasteiger partial charge in [0, 0.05) is 17.9 Å². The molecule has 0 aliphatic heterocycles. The van der Waals surface area contributed by atoms with Gasteiger partial charge in [0.2, 0.25) is 5.91 Å². The van der Waals surface area contributed by atoms with Crippen molar-refractivity contribution < 1.29 is 24.2 Å². The van der Waals surface area contributed by atoms with Crippen LogP contribution < -0.4 is 5.32 Å². The summed E-state index contributed by atoms with van der Waals surface area (Å²) < 4.78 is 5.03. The van der Waals surface area contributed by atoms with Crippen molar-refractivity contribution in [3.8, 4) is 0 Å². The number of amides is 1. The third-order valence-electron chi connectivity index (χ3n) is 2.19. The summed E-state index contributed by atoms with van der Waals surface area (Å²) in [5.41, 5.74) is 7.48. The number of carbonyl (C=O) groups is 3. The number of azide groups is 1. The summed E-state index contributed by atoms with van der Waals surface area (Å²) in [7, 11) is 0. The van der Waals surface area contributed by atoms with E-state index in [1.807, 2.05) is 0 Å². The predicted molar refractivity (Wildman–Crippen MR) is 73.3 cm³/mol. The minimum absolute atomic E-state index is 0.0163. The van der Waals surface area contributed by atoms with Gasteiger partial charge in [-0.1, -0.05) is 5.11 Å². The Morgan fingerprint density at radius 1 is 1.33 bits per heavy atom. The molecule has 0 heterocycles. The van der Waals surface area contributed by atoms with Crippen molar-refractivity contribution in [1.82, 2.24) is 5.32 Å². The van der Waals surface area contributed by atoms with Crippen molar-refractivity contribution in [3.05, 3.63) is 10.4 Å². The predicted octanol–water partition coefficient (Wildman–Crippen LogP) is 1.38. The first-order chi connectivity index (χ1) is 9.65. The number of hydrogen-bond acceptors (Lipinski definition) is 5. The lowest BCUT2D eigenvalue weighted by atomic mass is 10.2. The molecule has 1 amide bonds. The highest BCUT2D eigenvalue weighted by Gasteiger charge is 2.21. The van der Waals surface area contributed by atoms with E-state index < -0.39 is 29.5 Å². The van der Waals surface area contributed by atoms with Crippen LogP contribution in [0.25, 0.3) is 10.4 Å². The fraction of sp³-hybridized carbons (Fsp3) is 0.750. The molecule has 0 aliphatic rings. The Balaban J connectivity index is 4.23. The number of esters is 1. The minimum atomic E-state index is -1.23. The number of aliphatic carboxylic acids is 1. The van der Waals surface area contributed by atoms with Crippen LogP contribution in [0.15, 0.2) is 5.11 Å². The Morgan fingerprint density at radius 3 is 2.43 bits per heavy atom. The van der Waals surface area contributed by atoms with E-state index in [1.54, 1.807) is 20.8 Å². The summed E-state index contributed by atoms with van der Waals surface area (Å²) in [6.07, 6.45) is -0.316. The zero-order valence-corrected chi connectivity index (χ0v) is 12.3. The molecule has 0 aromatic rings. The van der Waals surface area contributed by atoms with Gasteiger partial charge in [-0.25, -0.2) is 4.79 Å². The molecule has 0 aromatic heterocycles. The third kappa shape index (κ3) is 10.2. The van der Waals surface area contributed by atoms with Gasteiger partial charge < -0.3 is 15.2 Å². The van der Waals surface area contributed by atoms with Crippen LogP contribution >= 0.6 is 0 Å². The molecule has 118 valence electrons. The molecule has 0 unspecified atom stereocenters. The van der Waals surface area contributed by atoms with E-state index in [1.165, 1.54) is 0 Å². The largest absolute Gasteiger partial charge is 0.480 e. The number of carboxylic acids is 1. The second-order valence-electron chi connectivity index (χ2n) is 5.29. The lowest BCUT2D eigenvalue weighted by Gasteiger charge is -2.19. The standard InChI is InChI=1S/C12H20N4O5/c1-12(2,3)21-10(18)5-4-9(17)15-8(11(19)20)6-7-14-16-13/h8H,4-7H2,1-3H3,(H,15,17)(H,19,20)/t8-/m0/s1. The fourth-order valence-corrected chi connectivity index (χ4v) is 1.36. The van der Waals surface area contributed by atoms with E-state index in [-0.39, 0.29) is 25.8 Å². The highest BCUT2D eigenvalue weighted by molar-refractivity contribution is 5.85. The molecule has 0 spiro atoms. The molecule has 0 saturated heterocycles. The average Bonchev–Trinajstić information content (AvgIpc) is 2.33. The molecular formula is C12H20N4O5. The molecule has 9 heteroatoms. The monoisotopic (exact) mass is 300 g/mol. The number of carbonyl (C=O) groups excluding carboxylic acids is 2. The Kier molecular flexibility index (Phi) is 7.85. The van der Waals surface area contributed by atoms with Gasteiger partial charge in [0.1, 0.15) is 11.6 Å². The minimum Gasteiger partial charge on any atom is -0.480 e. The van der Waals surface area contributed by atoms with E-state index in [4.69, 9.17) is 15.4 Å². The van der Waals surface area contributed by atoms with Gasteiger partial charge in [0.05, 0.1) is 6.42 Å². The van der Waals surface area contributed by atoms with Crippen LogP contribution in [0.3, 0.4) is 0 Å². The number of hydrogen-bond donors (Lipinski definition) is 2. The molecule has 0 fully saturated rings. The SMILES string of the molecule is CC(C)(C)OC(=O)CCC(=O)N[C@@H](CCN=[N+]=[N-])C(=O)O. The van der Waals surface area contributed by atoms with E-state index in [0.29, 0.717) is 0 Å². The normalized spacial score (nSPS) is 12.0. The van der Waals surface area contributed by atoms with E-state index >= 15 is 0 Å². The van der Waals surface area contributed by atoms with Gasteiger partial charge in [-0.3, -0.25) is 9.59 Å². The Bertz CT molecular complexity index is 437. The summed E-state index contributed by atoms with van der Waals surface area (Å²) in [6.45, 7) is 5.09. The third-order valence-corrected chi connectivity index (χ3v) is 2.19. The molecule has 0 bridgehead atoms. The van der Waals surface area contributed by atoms with Crippen LogP contribution in [0.4, 0.5) is 0 Å². The van der Waals surface area contributed by atoms with Crippen molar-refractivity contribution in [1.29, 1.82) is 0 Å². The first kappa shape index (κ1) is 18.7. The zero-order valence-electron chi connectivity index (χ0n) is 12.3. The highest BCUT2D eigenvalue weighted by atomic mass is 16.6. The van der Waals surface area contributed by atoms with E-state index in [2.05, 4.69) is 15.3 Å². The summed E-state index contributed by atoms with van der Waals surface area (Å²) in [4.78, 5) is 36.4. The first-order valence-corrected chi connectivity index (χ1v) is 6.40. The Morgan fingerprint density at radius 2 is 1.95 bits per heavy atom. The lowest BCUT2D eigenvalue weighted by molar-refractivity contribution is -0.155. The molecule has 0 saturated carbocycles. The van der Waals surface area contributed by atoms with Crippen LogP contribution in [0.5, 0.6) is 0 Å². The van der Waals surface area contributed by atoms with Crippen molar-refractivity contribution in [2.24, 2.45) is 5.11 Å². The van der Waals surface area contributed by atoms with Crippen molar-refractivity contribution in [3.63, 3.8) is 0 Å². The topological polar surface area (TPSA) is 141 Å². The molecule has 0 rings (SSSR count). The number of rotatable bonds is 8. The Labute approximate surface area is 122 Å². The van der Waals surface area contributed by atoms with E-state index in [0.717, 1.165) is 0 Å². The number of carboxylic acid groups (broad SMARTS) is 1. The molecule has 2 N–H and O–H groups in total. The highest BCUT2D eigenvalue weighted by Crippen LogP contribution is 2.09. The molecule has 0 aromatic carbocycles. The molecule has 21 heavy (non-hydrogen) atoms. The van der Waals surface area contributed by atoms with Crippen LogP contribution in [0.1, 0.15) is 40.0 Å². The van der Waals surface area contributed by atoms with Gasteiger partial charge in [-0.2, -0.15) is 0 Å². The molecule has 0 radical (unpaired) electrons. The maximum Gasteiger partial charge on any atom is 0.326 e. The average molecular weight is 300 g/mol. The quantitative estimate of drug-likeness (QED) is 0.301. The smallest absolute Gasteiger partial charge is 0.326 e. The first-order valence-electron chi connectivity index (χ1n) is 6.40.